The predicted molar refractivity (Wildman–Crippen MR) is 149 cm³/mol. The van der Waals surface area contributed by atoms with Gasteiger partial charge in [0.2, 0.25) is 0 Å². The first-order valence-electron chi connectivity index (χ1n) is 12.7. The van der Waals surface area contributed by atoms with Gasteiger partial charge in [-0.05, 0) is 55.7 Å². The fraction of sp³-hybridized carbons (Fsp3) is 0.226. The molecule has 2 heterocycles. The number of alkyl carbamates (subject to hydrolysis) is 1. The third-order valence-electron chi connectivity index (χ3n) is 6.11. The first kappa shape index (κ1) is 25.1. The van der Waals surface area contributed by atoms with Gasteiger partial charge in [-0.25, -0.2) is 9.78 Å². The summed E-state index contributed by atoms with van der Waals surface area (Å²) in [6.45, 7) is 6.03. The van der Waals surface area contributed by atoms with Crippen LogP contribution in [0.5, 0.6) is 5.75 Å². The minimum atomic E-state index is -0.612. The minimum Gasteiger partial charge on any atom is -0.489 e. The van der Waals surface area contributed by atoms with Crippen LogP contribution in [0, 0.1) is 0 Å². The molecule has 0 aliphatic rings. The van der Waals surface area contributed by atoms with Crippen molar-refractivity contribution in [2.75, 3.05) is 0 Å². The van der Waals surface area contributed by atoms with Crippen LogP contribution < -0.4 is 10.1 Å². The molecule has 3 N–H and O–H groups in total. The number of fused-ring (bicyclic) bond motifs is 1. The molecule has 194 valence electrons. The van der Waals surface area contributed by atoms with Crippen LogP contribution in [-0.4, -0.2) is 26.6 Å². The summed E-state index contributed by atoms with van der Waals surface area (Å²) in [5.74, 6) is 1.43. The lowest BCUT2D eigenvalue weighted by atomic mass is 10.0. The first-order chi connectivity index (χ1) is 18.3. The Morgan fingerprint density at radius 3 is 2.47 bits per heavy atom. The molecule has 1 unspecified atom stereocenters. The summed E-state index contributed by atoms with van der Waals surface area (Å²) in [6, 6.07) is 25.6. The highest BCUT2D eigenvalue weighted by atomic mass is 16.6. The molecule has 0 spiro atoms. The summed E-state index contributed by atoms with van der Waals surface area (Å²) in [6.07, 6.45) is 3.77. The molecular weight excluding hydrogens is 476 g/mol. The number of H-pyrrole nitrogens is 2. The van der Waals surface area contributed by atoms with Gasteiger partial charge in [0.05, 0.1) is 17.9 Å². The molecule has 0 saturated heterocycles. The maximum atomic E-state index is 12.8. The second kappa shape index (κ2) is 10.8. The quantitative estimate of drug-likeness (QED) is 0.212. The normalized spacial score (nSPS) is 12.3. The summed E-state index contributed by atoms with van der Waals surface area (Å²) in [5, 5.41) is 4.05. The Bertz CT molecular complexity index is 1500. The molecule has 1 atom stereocenters. The SMILES string of the molecule is CC(C)(C)OC(=O)NC(Cc1c[nH]c2ccc(OCc3ccccc3)cc12)c1ncc(-c2ccccc2)[nH]1. The largest absolute Gasteiger partial charge is 0.489 e. The van der Waals surface area contributed by atoms with Gasteiger partial charge >= 0.3 is 6.09 Å². The van der Waals surface area contributed by atoms with E-state index >= 15 is 0 Å². The second-order valence-electron chi connectivity index (χ2n) is 10.2. The fourth-order valence-electron chi connectivity index (χ4n) is 4.32. The van der Waals surface area contributed by atoms with Crippen LogP contribution in [0.15, 0.2) is 91.3 Å². The van der Waals surface area contributed by atoms with Gasteiger partial charge in [-0.3, -0.25) is 0 Å². The number of aromatic nitrogens is 3. The predicted octanol–water partition coefficient (Wildman–Crippen LogP) is 6.95. The van der Waals surface area contributed by atoms with Gasteiger partial charge in [0.1, 0.15) is 23.8 Å². The molecule has 0 bridgehead atoms. The van der Waals surface area contributed by atoms with Gasteiger partial charge in [0.25, 0.3) is 0 Å². The van der Waals surface area contributed by atoms with E-state index in [1.807, 2.05) is 106 Å². The Labute approximate surface area is 222 Å². The Morgan fingerprint density at radius 2 is 1.74 bits per heavy atom. The summed E-state index contributed by atoms with van der Waals surface area (Å²) in [4.78, 5) is 24.1. The Hall–Kier alpha value is -4.52. The van der Waals surface area contributed by atoms with Crippen molar-refractivity contribution in [1.29, 1.82) is 0 Å². The summed E-state index contributed by atoms with van der Waals surface area (Å²) in [7, 11) is 0. The number of aromatic amines is 2. The Kier molecular flexibility index (Phi) is 7.18. The van der Waals surface area contributed by atoms with Crippen LogP contribution in [0.25, 0.3) is 22.2 Å². The maximum Gasteiger partial charge on any atom is 0.408 e. The number of amides is 1. The second-order valence-corrected chi connectivity index (χ2v) is 10.2. The molecule has 3 aromatic carbocycles. The zero-order valence-corrected chi connectivity index (χ0v) is 21.8. The third kappa shape index (κ3) is 6.24. The van der Waals surface area contributed by atoms with E-state index < -0.39 is 17.7 Å². The summed E-state index contributed by atoms with van der Waals surface area (Å²) < 4.78 is 11.6. The molecule has 7 nitrogen and oxygen atoms in total. The monoisotopic (exact) mass is 508 g/mol. The number of imidazole rings is 1. The highest BCUT2D eigenvalue weighted by molar-refractivity contribution is 5.84. The average Bonchev–Trinajstić information content (AvgIpc) is 3.55. The Balaban J connectivity index is 1.40. The maximum absolute atomic E-state index is 12.8. The number of hydrogen-bond acceptors (Lipinski definition) is 4. The van der Waals surface area contributed by atoms with Crippen molar-refractivity contribution in [3.63, 3.8) is 0 Å². The molecule has 5 rings (SSSR count). The lowest BCUT2D eigenvalue weighted by Crippen LogP contribution is -2.36. The highest BCUT2D eigenvalue weighted by Gasteiger charge is 2.24. The van der Waals surface area contributed by atoms with E-state index in [0.717, 1.165) is 39.0 Å². The van der Waals surface area contributed by atoms with Gasteiger partial charge in [0, 0.05) is 23.5 Å². The van der Waals surface area contributed by atoms with Gasteiger partial charge in [0.15, 0.2) is 0 Å². The van der Waals surface area contributed by atoms with Crippen LogP contribution in [0.4, 0.5) is 4.79 Å². The van der Waals surface area contributed by atoms with Crippen molar-refractivity contribution in [2.24, 2.45) is 0 Å². The zero-order valence-electron chi connectivity index (χ0n) is 21.8. The number of carbonyl (C=O) groups excluding carboxylic acids is 1. The van der Waals surface area contributed by atoms with E-state index in [4.69, 9.17) is 9.47 Å². The molecule has 5 aromatic rings. The van der Waals surface area contributed by atoms with Gasteiger partial charge in [-0.15, -0.1) is 0 Å². The molecule has 1 amide bonds. The van der Waals surface area contributed by atoms with Gasteiger partial charge in [-0.1, -0.05) is 60.7 Å². The molecule has 2 aromatic heterocycles. The number of nitrogens with zero attached hydrogens (tertiary/aromatic N) is 1. The number of ether oxygens (including phenoxy) is 2. The lowest BCUT2D eigenvalue weighted by molar-refractivity contribution is 0.0501. The van der Waals surface area contributed by atoms with Crippen molar-refractivity contribution in [3.05, 3.63) is 108 Å². The van der Waals surface area contributed by atoms with E-state index in [1.54, 1.807) is 6.20 Å². The minimum absolute atomic E-state index is 0.435. The Morgan fingerprint density at radius 1 is 1.00 bits per heavy atom. The zero-order chi connectivity index (χ0) is 26.5. The molecule has 0 radical (unpaired) electrons. The number of hydrogen-bond donors (Lipinski definition) is 3. The molecular formula is C31H32N4O3. The highest BCUT2D eigenvalue weighted by Crippen LogP contribution is 2.29. The standard InChI is InChI=1S/C31H32N4O3/c1-31(2,3)38-30(36)35-27(29-33-19-28(34-29)22-12-8-5-9-13-22)16-23-18-32-26-15-14-24(17-25(23)26)37-20-21-10-6-4-7-11-21/h4-15,17-19,27,32H,16,20H2,1-3H3,(H,33,34)(H,35,36). The van der Waals surface area contributed by atoms with Crippen molar-refractivity contribution in [2.45, 2.75) is 45.4 Å². The van der Waals surface area contributed by atoms with Crippen LogP contribution in [0.2, 0.25) is 0 Å². The summed E-state index contributed by atoms with van der Waals surface area (Å²) >= 11 is 0. The topological polar surface area (TPSA) is 92.0 Å². The number of carbonyl (C=O) groups is 1. The summed E-state index contributed by atoms with van der Waals surface area (Å²) in [5.41, 5.74) is 4.42. The number of rotatable bonds is 8. The number of nitrogens with one attached hydrogen (secondary N) is 3. The van der Waals surface area contributed by atoms with Crippen molar-refractivity contribution in [3.8, 4) is 17.0 Å². The van der Waals surface area contributed by atoms with E-state index in [9.17, 15) is 4.79 Å². The molecule has 0 aliphatic heterocycles. The fourth-order valence-corrected chi connectivity index (χ4v) is 4.32. The van der Waals surface area contributed by atoms with Crippen molar-refractivity contribution >= 4 is 17.0 Å². The van der Waals surface area contributed by atoms with Crippen LogP contribution >= 0.6 is 0 Å². The lowest BCUT2D eigenvalue weighted by Gasteiger charge is -2.23. The van der Waals surface area contributed by atoms with E-state index in [0.29, 0.717) is 18.9 Å². The molecule has 7 heteroatoms. The molecule has 0 saturated carbocycles. The van der Waals surface area contributed by atoms with Crippen LogP contribution in [-0.2, 0) is 17.8 Å². The van der Waals surface area contributed by atoms with Crippen LogP contribution in [0.1, 0.15) is 43.8 Å². The van der Waals surface area contributed by atoms with E-state index in [-0.39, 0.29) is 0 Å². The first-order valence-corrected chi connectivity index (χ1v) is 12.7. The van der Waals surface area contributed by atoms with E-state index in [1.165, 1.54) is 0 Å². The van der Waals surface area contributed by atoms with Gasteiger partial charge < -0.3 is 24.8 Å². The molecule has 0 aliphatic carbocycles. The van der Waals surface area contributed by atoms with Crippen molar-refractivity contribution in [1.82, 2.24) is 20.3 Å². The molecule has 38 heavy (non-hydrogen) atoms. The smallest absolute Gasteiger partial charge is 0.408 e. The van der Waals surface area contributed by atoms with Gasteiger partial charge in [-0.2, -0.15) is 0 Å². The van der Waals surface area contributed by atoms with E-state index in [2.05, 4.69) is 20.3 Å². The van der Waals surface area contributed by atoms with Crippen molar-refractivity contribution < 1.29 is 14.3 Å². The third-order valence-corrected chi connectivity index (χ3v) is 6.11. The van der Waals surface area contributed by atoms with Crippen LogP contribution in [0.3, 0.4) is 0 Å². The number of benzene rings is 3. The average molecular weight is 509 g/mol. The molecule has 0 fully saturated rings.